The van der Waals surface area contributed by atoms with Gasteiger partial charge in [-0.1, -0.05) is 51.1 Å². The zero-order valence-electron chi connectivity index (χ0n) is 11.8. The van der Waals surface area contributed by atoms with Crippen LogP contribution in [0.5, 0.6) is 0 Å². The van der Waals surface area contributed by atoms with E-state index in [1.165, 1.54) is 5.56 Å². The molecule has 0 bridgehead atoms. The molecule has 1 aromatic carbocycles. The van der Waals surface area contributed by atoms with Crippen molar-refractivity contribution in [1.82, 2.24) is 0 Å². The Morgan fingerprint density at radius 2 is 1.78 bits per heavy atom. The summed E-state index contributed by atoms with van der Waals surface area (Å²) >= 11 is 0. The third-order valence-corrected chi connectivity index (χ3v) is 3.94. The molecule has 0 N–H and O–H groups in total. The van der Waals surface area contributed by atoms with Crippen LogP contribution in [-0.4, -0.2) is 5.78 Å². The lowest BCUT2D eigenvalue weighted by atomic mass is 9.85. The molecule has 0 amide bonds. The van der Waals surface area contributed by atoms with Crippen LogP contribution in [0.3, 0.4) is 0 Å². The van der Waals surface area contributed by atoms with Crippen molar-refractivity contribution in [2.75, 3.05) is 0 Å². The molecule has 0 saturated heterocycles. The average molecular weight is 244 g/mol. The second-order valence-corrected chi connectivity index (χ2v) is 6.79. The quantitative estimate of drug-likeness (QED) is 0.745. The molecule has 1 saturated carbocycles. The van der Waals surface area contributed by atoms with Crippen LogP contribution >= 0.6 is 0 Å². The average Bonchev–Trinajstić information content (AvgIpc) is 3.09. The van der Waals surface area contributed by atoms with Crippen LogP contribution in [-0.2, 0) is 10.2 Å². The van der Waals surface area contributed by atoms with E-state index in [0.29, 0.717) is 11.2 Å². The summed E-state index contributed by atoms with van der Waals surface area (Å²) in [5, 5.41) is 0. The summed E-state index contributed by atoms with van der Waals surface area (Å²) in [5.74, 6) is 0.456. The molecule has 0 atom stereocenters. The minimum absolute atomic E-state index is 0.112. The van der Waals surface area contributed by atoms with Crippen molar-refractivity contribution in [3.05, 3.63) is 35.9 Å². The number of carbonyl (C=O) groups is 1. The highest BCUT2D eigenvalue weighted by Crippen LogP contribution is 2.49. The Kier molecular flexibility index (Phi) is 3.61. The molecule has 1 nitrogen and oxygen atoms in total. The fraction of sp³-hybridized carbons (Fsp3) is 0.588. The third-order valence-electron chi connectivity index (χ3n) is 3.94. The lowest BCUT2D eigenvalue weighted by molar-refractivity contribution is -0.121. The Bertz CT molecular complexity index is 407. The van der Waals surface area contributed by atoms with Crippen molar-refractivity contribution in [3.8, 4) is 0 Å². The van der Waals surface area contributed by atoms with Gasteiger partial charge in [-0.15, -0.1) is 0 Å². The van der Waals surface area contributed by atoms with E-state index in [2.05, 4.69) is 32.9 Å². The van der Waals surface area contributed by atoms with Crippen LogP contribution in [0.4, 0.5) is 0 Å². The van der Waals surface area contributed by atoms with E-state index in [0.717, 1.165) is 32.1 Å². The van der Waals surface area contributed by atoms with Crippen LogP contribution in [0.1, 0.15) is 58.4 Å². The normalized spacial score (nSPS) is 17.5. The maximum atomic E-state index is 12.4. The smallest absolute Gasteiger partial charge is 0.143 e. The predicted molar refractivity (Wildman–Crippen MR) is 75.7 cm³/mol. The number of Topliss-reactive ketones (excluding diaryl/α,β-unsaturated/α-hetero) is 1. The fourth-order valence-electron chi connectivity index (χ4n) is 2.63. The van der Waals surface area contributed by atoms with E-state index in [1.807, 2.05) is 18.2 Å². The number of carbonyl (C=O) groups excluding carboxylic acids is 1. The van der Waals surface area contributed by atoms with Crippen LogP contribution in [0.25, 0.3) is 0 Å². The molecule has 1 aliphatic rings. The molecule has 0 aromatic heterocycles. The molecule has 0 radical (unpaired) electrons. The van der Waals surface area contributed by atoms with Crippen molar-refractivity contribution in [2.45, 2.75) is 58.3 Å². The van der Waals surface area contributed by atoms with Crippen molar-refractivity contribution < 1.29 is 4.79 Å². The van der Waals surface area contributed by atoms with E-state index < -0.39 is 0 Å². The number of ketones is 1. The molecule has 1 aliphatic carbocycles. The molecule has 0 spiro atoms. The minimum Gasteiger partial charge on any atom is -0.299 e. The van der Waals surface area contributed by atoms with Gasteiger partial charge in [0.15, 0.2) is 0 Å². The van der Waals surface area contributed by atoms with Gasteiger partial charge in [0.1, 0.15) is 5.78 Å². The molecule has 0 aliphatic heterocycles. The van der Waals surface area contributed by atoms with Gasteiger partial charge >= 0.3 is 0 Å². The predicted octanol–water partition coefficient (Wildman–Crippen LogP) is 4.50. The number of hydrogen-bond acceptors (Lipinski definition) is 1. The topological polar surface area (TPSA) is 17.1 Å². The van der Waals surface area contributed by atoms with Crippen molar-refractivity contribution >= 4 is 5.78 Å². The van der Waals surface area contributed by atoms with Gasteiger partial charge in [0.2, 0.25) is 0 Å². The first kappa shape index (κ1) is 13.3. The first-order valence-corrected chi connectivity index (χ1v) is 7.03. The third kappa shape index (κ3) is 3.01. The summed E-state index contributed by atoms with van der Waals surface area (Å²) in [6.07, 6.45) is 4.99. The molecule has 0 heterocycles. The highest BCUT2D eigenvalue weighted by molar-refractivity contribution is 5.93. The molecule has 0 unspecified atom stereocenters. The van der Waals surface area contributed by atoms with Gasteiger partial charge in [-0.2, -0.15) is 0 Å². The Balaban J connectivity index is 1.94. The second-order valence-electron chi connectivity index (χ2n) is 6.79. The van der Waals surface area contributed by atoms with Crippen molar-refractivity contribution in [3.63, 3.8) is 0 Å². The van der Waals surface area contributed by atoms with Gasteiger partial charge in [-0.3, -0.25) is 4.79 Å². The van der Waals surface area contributed by atoms with Crippen molar-refractivity contribution in [1.29, 1.82) is 0 Å². The van der Waals surface area contributed by atoms with Gasteiger partial charge in [-0.25, -0.2) is 0 Å². The molecular weight excluding hydrogens is 220 g/mol. The summed E-state index contributed by atoms with van der Waals surface area (Å²) in [4.78, 5) is 12.4. The summed E-state index contributed by atoms with van der Waals surface area (Å²) in [5.41, 5.74) is 1.45. The summed E-state index contributed by atoms with van der Waals surface area (Å²) in [7, 11) is 0. The monoisotopic (exact) mass is 244 g/mol. The molecule has 98 valence electrons. The minimum atomic E-state index is -0.112. The molecule has 18 heavy (non-hydrogen) atoms. The maximum absolute atomic E-state index is 12.4. The number of hydrogen-bond donors (Lipinski definition) is 0. The number of rotatable bonds is 5. The van der Waals surface area contributed by atoms with Gasteiger partial charge < -0.3 is 0 Å². The van der Waals surface area contributed by atoms with Crippen molar-refractivity contribution in [2.24, 2.45) is 5.41 Å². The summed E-state index contributed by atoms with van der Waals surface area (Å²) in [6, 6.07) is 10.3. The Labute approximate surface area is 111 Å². The van der Waals surface area contributed by atoms with Gasteiger partial charge in [-0.05, 0) is 36.7 Å². The highest BCUT2D eigenvalue weighted by atomic mass is 16.1. The van der Waals surface area contributed by atoms with Gasteiger partial charge in [0.05, 0.1) is 5.41 Å². The van der Waals surface area contributed by atoms with E-state index in [4.69, 9.17) is 0 Å². The van der Waals surface area contributed by atoms with Crippen LogP contribution in [0.15, 0.2) is 30.3 Å². The van der Waals surface area contributed by atoms with Gasteiger partial charge in [0, 0.05) is 6.42 Å². The first-order valence-electron chi connectivity index (χ1n) is 7.03. The second kappa shape index (κ2) is 4.87. The zero-order valence-corrected chi connectivity index (χ0v) is 11.8. The lowest BCUT2D eigenvalue weighted by Gasteiger charge is -2.19. The number of benzene rings is 1. The first-order chi connectivity index (χ1) is 8.44. The molecule has 1 aromatic rings. The molecule has 1 heteroatoms. The summed E-state index contributed by atoms with van der Waals surface area (Å²) < 4.78 is 0. The standard InChI is InChI=1S/C17H24O/c1-16(2,3)11-7-10-15(18)17(12-13-17)14-8-5-4-6-9-14/h4-6,8-9H,7,10-13H2,1-3H3. The SMILES string of the molecule is CC(C)(C)CCCC(=O)C1(c2ccccc2)CC1. The Hall–Kier alpha value is -1.11. The molecular formula is C17H24O. The lowest BCUT2D eigenvalue weighted by Crippen LogP contribution is -2.20. The molecule has 2 rings (SSSR count). The molecule has 1 fully saturated rings. The highest BCUT2D eigenvalue weighted by Gasteiger charge is 2.49. The Morgan fingerprint density at radius 1 is 1.17 bits per heavy atom. The largest absolute Gasteiger partial charge is 0.299 e. The van der Waals surface area contributed by atoms with E-state index in [9.17, 15) is 4.79 Å². The summed E-state index contributed by atoms with van der Waals surface area (Å²) in [6.45, 7) is 6.71. The van der Waals surface area contributed by atoms with E-state index in [-0.39, 0.29) is 5.41 Å². The van der Waals surface area contributed by atoms with E-state index in [1.54, 1.807) is 0 Å². The Morgan fingerprint density at radius 3 is 2.28 bits per heavy atom. The fourth-order valence-corrected chi connectivity index (χ4v) is 2.63. The zero-order chi connectivity index (χ0) is 13.2. The van der Waals surface area contributed by atoms with Crippen LogP contribution < -0.4 is 0 Å². The van der Waals surface area contributed by atoms with Crippen LogP contribution in [0.2, 0.25) is 0 Å². The van der Waals surface area contributed by atoms with Gasteiger partial charge in [0.25, 0.3) is 0 Å². The maximum Gasteiger partial charge on any atom is 0.143 e. The van der Waals surface area contributed by atoms with Crippen LogP contribution in [0, 0.1) is 5.41 Å². The van der Waals surface area contributed by atoms with E-state index >= 15 is 0 Å².